The van der Waals surface area contributed by atoms with Crippen LogP contribution >= 0.6 is 0 Å². The Balaban J connectivity index is 2.27. The minimum absolute atomic E-state index is 0.881. The first-order valence-corrected chi connectivity index (χ1v) is 9.93. The molecular formula is C21H40. The zero-order valence-electron chi connectivity index (χ0n) is 15.6. The van der Waals surface area contributed by atoms with E-state index in [-0.39, 0.29) is 0 Å². The van der Waals surface area contributed by atoms with Gasteiger partial charge < -0.3 is 0 Å². The predicted molar refractivity (Wildman–Crippen MR) is 94.3 cm³/mol. The van der Waals surface area contributed by atoms with Crippen LogP contribution in [0.2, 0.25) is 0 Å². The Morgan fingerprint density at radius 2 is 0.952 bits per heavy atom. The molecule has 0 amide bonds. The van der Waals surface area contributed by atoms with Crippen molar-refractivity contribution in [2.45, 2.75) is 86.5 Å². The van der Waals surface area contributed by atoms with Crippen molar-refractivity contribution in [1.29, 1.82) is 0 Å². The van der Waals surface area contributed by atoms with Gasteiger partial charge in [0.05, 0.1) is 0 Å². The molecule has 21 heavy (non-hydrogen) atoms. The molecule has 4 unspecified atom stereocenters. The fourth-order valence-corrected chi connectivity index (χ4v) is 5.98. The van der Waals surface area contributed by atoms with Crippen LogP contribution in [-0.2, 0) is 0 Å². The highest BCUT2D eigenvalue weighted by molar-refractivity contribution is 4.93. The molecule has 2 aliphatic carbocycles. The average molecular weight is 293 g/mol. The Bertz CT molecular complexity index is 285. The van der Waals surface area contributed by atoms with Gasteiger partial charge >= 0.3 is 0 Å². The highest BCUT2D eigenvalue weighted by Crippen LogP contribution is 2.52. The van der Waals surface area contributed by atoms with Gasteiger partial charge in [0.1, 0.15) is 0 Å². The summed E-state index contributed by atoms with van der Waals surface area (Å²) < 4.78 is 0. The quantitative estimate of drug-likeness (QED) is 0.535. The molecule has 2 fully saturated rings. The lowest BCUT2D eigenvalue weighted by atomic mass is 9.55. The highest BCUT2D eigenvalue weighted by atomic mass is 14.5. The largest absolute Gasteiger partial charge is 0.0625 e. The first kappa shape index (κ1) is 17.4. The van der Waals surface area contributed by atoms with Gasteiger partial charge in [-0.1, -0.05) is 60.8 Å². The average Bonchev–Trinajstić information content (AvgIpc) is 2.46. The third-order valence-corrected chi connectivity index (χ3v) is 7.00. The molecule has 124 valence electrons. The summed E-state index contributed by atoms with van der Waals surface area (Å²) in [5.74, 6) is 7.69. The summed E-state index contributed by atoms with van der Waals surface area (Å²) >= 11 is 0. The normalized spacial score (nSPS) is 38.4. The standard InChI is InChI=1S/C21H40/c1-14(2)17-10-7-8-11-20(17)21-18(15(3)4)12-9-13-19(21)16(5)6/h14-21H,7-13H2,1-6H3. The van der Waals surface area contributed by atoms with Crippen molar-refractivity contribution in [3.05, 3.63) is 0 Å². The van der Waals surface area contributed by atoms with Crippen molar-refractivity contribution in [2.24, 2.45) is 47.3 Å². The fraction of sp³-hybridized carbons (Fsp3) is 1.00. The Labute approximate surface area is 134 Å². The highest BCUT2D eigenvalue weighted by Gasteiger charge is 2.44. The van der Waals surface area contributed by atoms with Crippen molar-refractivity contribution in [3.63, 3.8) is 0 Å². The molecule has 0 aliphatic heterocycles. The Morgan fingerprint density at radius 3 is 1.43 bits per heavy atom. The Hall–Kier alpha value is 0. The summed E-state index contributed by atoms with van der Waals surface area (Å²) in [5.41, 5.74) is 0. The van der Waals surface area contributed by atoms with Crippen LogP contribution in [0, 0.1) is 47.3 Å². The van der Waals surface area contributed by atoms with E-state index in [1.807, 2.05) is 0 Å². The first-order chi connectivity index (χ1) is 9.93. The predicted octanol–water partition coefficient (Wildman–Crippen LogP) is 6.79. The van der Waals surface area contributed by atoms with E-state index in [0.717, 1.165) is 47.3 Å². The SMILES string of the molecule is CC(C)C1CCCCC1C1C(C(C)C)CCCC1C(C)C. The lowest BCUT2D eigenvalue weighted by Gasteiger charge is -2.51. The van der Waals surface area contributed by atoms with E-state index in [4.69, 9.17) is 0 Å². The minimum Gasteiger partial charge on any atom is -0.0625 e. The van der Waals surface area contributed by atoms with Crippen LogP contribution in [-0.4, -0.2) is 0 Å². The smallest absolute Gasteiger partial charge is 0.0321 e. The summed E-state index contributed by atoms with van der Waals surface area (Å²) in [7, 11) is 0. The summed E-state index contributed by atoms with van der Waals surface area (Å²) in [6.45, 7) is 14.9. The zero-order valence-corrected chi connectivity index (χ0v) is 15.6. The van der Waals surface area contributed by atoms with Crippen molar-refractivity contribution in [1.82, 2.24) is 0 Å². The van der Waals surface area contributed by atoms with Crippen molar-refractivity contribution < 1.29 is 0 Å². The summed E-state index contributed by atoms with van der Waals surface area (Å²) in [4.78, 5) is 0. The molecule has 0 saturated heterocycles. The molecule has 0 heteroatoms. The van der Waals surface area contributed by atoms with Gasteiger partial charge in [0.25, 0.3) is 0 Å². The Morgan fingerprint density at radius 1 is 0.524 bits per heavy atom. The Kier molecular flexibility index (Phi) is 6.21. The molecule has 2 aliphatic rings. The molecular weight excluding hydrogens is 252 g/mol. The van der Waals surface area contributed by atoms with Gasteiger partial charge in [-0.3, -0.25) is 0 Å². The molecule has 0 aromatic heterocycles. The lowest BCUT2D eigenvalue weighted by Crippen LogP contribution is -2.43. The molecule has 2 rings (SSSR count). The van der Waals surface area contributed by atoms with Crippen molar-refractivity contribution >= 4 is 0 Å². The van der Waals surface area contributed by atoms with Crippen LogP contribution in [0.25, 0.3) is 0 Å². The summed E-state index contributed by atoms with van der Waals surface area (Å²) in [6, 6.07) is 0. The third kappa shape index (κ3) is 3.85. The topological polar surface area (TPSA) is 0 Å². The maximum atomic E-state index is 2.49. The number of hydrogen-bond donors (Lipinski definition) is 0. The van der Waals surface area contributed by atoms with Gasteiger partial charge in [-0.15, -0.1) is 0 Å². The van der Waals surface area contributed by atoms with E-state index >= 15 is 0 Å². The maximum absolute atomic E-state index is 2.49. The molecule has 0 heterocycles. The fourth-order valence-electron chi connectivity index (χ4n) is 5.98. The van der Waals surface area contributed by atoms with E-state index < -0.39 is 0 Å². The third-order valence-electron chi connectivity index (χ3n) is 7.00. The van der Waals surface area contributed by atoms with Crippen LogP contribution in [0.15, 0.2) is 0 Å². The van der Waals surface area contributed by atoms with Gasteiger partial charge in [-0.2, -0.15) is 0 Å². The molecule has 0 aromatic rings. The van der Waals surface area contributed by atoms with Crippen molar-refractivity contribution in [2.75, 3.05) is 0 Å². The second-order valence-electron chi connectivity index (χ2n) is 9.18. The lowest BCUT2D eigenvalue weighted by molar-refractivity contribution is -0.0149. The molecule has 2 saturated carbocycles. The summed E-state index contributed by atoms with van der Waals surface area (Å²) in [6.07, 6.45) is 10.5. The second kappa shape index (κ2) is 7.51. The van der Waals surface area contributed by atoms with Gasteiger partial charge in [0.2, 0.25) is 0 Å². The zero-order chi connectivity index (χ0) is 15.6. The van der Waals surface area contributed by atoms with Crippen molar-refractivity contribution in [3.8, 4) is 0 Å². The van der Waals surface area contributed by atoms with Crippen LogP contribution < -0.4 is 0 Å². The molecule has 0 aromatic carbocycles. The second-order valence-corrected chi connectivity index (χ2v) is 9.18. The maximum Gasteiger partial charge on any atom is -0.0321 e. The summed E-state index contributed by atoms with van der Waals surface area (Å²) in [5, 5.41) is 0. The molecule has 0 N–H and O–H groups in total. The van der Waals surface area contributed by atoms with E-state index in [0.29, 0.717) is 0 Å². The van der Waals surface area contributed by atoms with Crippen LogP contribution in [0.1, 0.15) is 86.5 Å². The molecule has 4 atom stereocenters. The van der Waals surface area contributed by atoms with Gasteiger partial charge in [-0.05, 0) is 73.0 Å². The molecule has 0 spiro atoms. The van der Waals surface area contributed by atoms with Crippen LogP contribution in [0.5, 0.6) is 0 Å². The van der Waals surface area contributed by atoms with Gasteiger partial charge in [0, 0.05) is 0 Å². The van der Waals surface area contributed by atoms with E-state index in [9.17, 15) is 0 Å². The van der Waals surface area contributed by atoms with Gasteiger partial charge in [0.15, 0.2) is 0 Å². The monoisotopic (exact) mass is 292 g/mol. The molecule has 0 bridgehead atoms. The first-order valence-electron chi connectivity index (χ1n) is 9.93. The van der Waals surface area contributed by atoms with E-state index in [1.54, 1.807) is 0 Å². The van der Waals surface area contributed by atoms with E-state index in [1.165, 1.54) is 44.9 Å². The van der Waals surface area contributed by atoms with Gasteiger partial charge in [-0.25, -0.2) is 0 Å². The molecule has 0 radical (unpaired) electrons. The number of hydrogen-bond acceptors (Lipinski definition) is 0. The van der Waals surface area contributed by atoms with Crippen LogP contribution in [0.4, 0.5) is 0 Å². The number of rotatable bonds is 4. The van der Waals surface area contributed by atoms with Crippen LogP contribution in [0.3, 0.4) is 0 Å². The van der Waals surface area contributed by atoms with E-state index in [2.05, 4.69) is 41.5 Å². The minimum atomic E-state index is 0.881. The molecule has 0 nitrogen and oxygen atoms in total.